The molecule has 0 aliphatic rings. The Kier molecular flexibility index (Phi) is 8.48. The lowest BCUT2D eigenvalue weighted by atomic mass is 10.1. The molecule has 0 radical (unpaired) electrons. The molecule has 0 saturated carbocycles. The van der Waals surface area contributed by atoms with Crippen molar-refractivity contribution in [3.63, 3.8) is 0 Å². The average molecular weight is 321 g/mol. The Morgan fingerprint density at radius 2 is 1.96 bits per heavy atom. The van der Waals surface area contributed by atoms with Crippen molar-refractivity contribution in [2.45, 2.75) is 46.8 Å². The maximum atomic E-state index is 10.4. The van der Waals surface area contributed by atoms with Gasteiger partial charge in [0.2, 0.25) is 0 Å². The van der Waals surface area contributed by atoms with Crippen molar-refractivity contribution >= 4 is 5.96 Å². The first-order valence-corrected chi connectivity index (χ1v) is 8.39. The molecule has 5 heteroatoms. The predicted octanol–water partition coefficient (Wildman–Crippen LogP) is 2.72. The van der Waals surface area contributed by atoms with Crippen molar-refractivity contribution in [2.75, 3.05) is 19.6 Å². The highest BCUT2D eigenvalue weighted by Crippen LogP contribution is 2.19. The van der Waals surface area contributed by atoms with E-state index in [1.54, 1.807) is 0 Å². The molecular formula is C18H31N3O2. The smallest absolute Gasteiger partial charge is 0.191 e. The van der Waals surface area contributed by atoms with Gasteiger partial charge in [-0.05, 0) is 44.4 Å². The van der Waals surface area contributed by atoms with E-state index in [2.05, 4.69) is 29.5 Å². The van der Waals surface area contributed by atoms with E-state index in [9.17, 15) is 5.11 Å². The predicted molar refractivity (Wildman–Crippen MR) is 96.0 cm³/mol. The van der Waals surface area contributed by atoms with Crippen LogP contribution in [0, 0.1) is 5.92 Å². The summed E-state index contributed by atoms with van der Waals surface area (Å²) in [6, 6.07) is 7.58. The quantitative estimate of drug-likeness (QED) is 0.509. The van der Waals surface area contributed by atoms with Gasteiger partial charge < -0.3 is 20.5 Å². The Morgan fingerprint density at radius 1 is 1.22 bits per heavy atom. The minimum absolute atomic E-state index is 0.115. The van der Waals surface area contributed by atoms with Crippen molar-refractivity contribution in [1.82, 2.24) is 10.6 Å². The SMILES string of the molecule is CCNC(=NCC(C)C)NCC(O)c1cccc(OC(C)C)c1. The lowest BCUT2D eigenvalue weighted by Crippen LogP contribution is -2.39. The Morgan fingerprint density at radius 3 is 2.57 bits per heavy atom. The standard InChI is InChI=1S/C18H31N3O2/c1-6-19-18(20-11-13(2)3)21-12-17(22)15-8-7-9-16(10-15)23-14(4)5/h7-10,13-14,17,22H,6,11-12H2,1-5H3,(H2,19,20,21). The van der Waals surface area contributed by atoms with Crippen LogP contribution >= 0.6 is 0 Å². The summed E-state index contributed by atoms with van der Waals surface area (Å²) in [4.78, 5) is 4.49. The number of hydrogen-bond acceptors (Lipinski definition) is 3. The molecule has 0 spiro atoms. The molecule has 1 unspecified atom stereocenters. The molecule has 3 N–H and O–H groups in total. The van der Waals surface area contributed by atoms with Crippen LogP contribution in [-0.4, -0.2) is 36.8 Å². The summed E-state index contributed by atoms with van der Waals surface area (Å²) >= 11 is 0. The summed E-state index contributed by atoms with van der Waals surface area (Å²) in [5, 5.41) is 16.7. The van der Waals surface area contributed by atoms with Gasteiger partial charge in [-0.2, -0.15) is 0 Å². The summed E-state index contributed by atoms with van der Waals surface area (Å²) in [5.74, 6) is 2.01. The maximum absolute atomic E-state index is 10.4. The van der Waals surface area contributed by atoms with E-state index < -0.39 is 6.10 Å². The zero-order chi connectivity index (χ0) is 17.2. The molecule has 1 rings (SSSR count). The number of aliphatic imine (C=N–C) groups is 1. The average Bonchev–Trinajstić information content (AvgIpc) is 2.49. The third kappa shape index (κ3) is 7.88. The number of guanidine groups is 1. The first-order valence-electron chi connectivity index (χ1n) is 8.39. The van der Waals surface area contributed by atoms with E-state index in [4.69, 9.17) is 4.74 Å². The summed E-state index contributed by atoms with van der Waals surface area (Å²) in [6.45, 7) is 12.2. The van der Waals surface area contributed by atoms with Crippen LogP contribution in [-0.2, 0) is 0 Å². The molecule has 0 amide bonds. The number of aliphatic hydroxyl groups excluding tert-OH is 1. The van der Waals surface area contributed by atoms with Crippen LogP contribution in [0.5, 0.6) is 5.75 Å². The van der Waals surface area contributed by atoms with E-state index in [1.807, 2.05) is 45.0 Å². The minimum Gasteiger partial charge on any atom is -0.491 e. The molecule has 0 bridgehead atoms. The molecule has 0 fully saturated rings. The van der Waals surface area contributed by atoms with Gasteiger partial charge >= 0.3 is 0 Å². The van der Waals surface area contributed by atoms with Crippen LogP contribution in [0.2, 0.25) is 0 Å². The molecule has 1 atom stereocenters. The van der Waals surface area contributed by atoms with E-state index in [0.29, 0.717) is 12.5 Å². The summed E-state index contributed by atoms with van der Waals surface area (Å²) in [7, 11) is 0. The highest BCUT2D eigenvalue weighted by molar-refractivity contribution is 5.79. The van der Waals surface area contributed by atoms with Crippen LogP contribution in [0.4, 0.5) is 0 Å². The van der Waals surface area contributed by atoms with Gasteiger partial charge in [0.05, 0.1) is 12.2 Å². The summed E-state index contributed by atoms with van der Waals surface area (Å²) in [5.41, 5.74) is 0.829. The Hall–Kier alpha value is -1.75. The first-order chi connectivity index (χ1) is 10.9. The van der Waals surface area contributed by atoms with Gasteiger partial charge in [-0.15, -0.1) is 0 Å². The zero-order valence-corrected chi connectivity index (χ0v) is 15.0. The summed E-state index contributed by atoms with van der Waals surface area (Å²) < 4.78 is 5.67. The number of ether oxygens (including phenoxy) is 1. The number of nitrogens with zero attached hydrogens (tertiary/aromatic N) is 1. The van der Waals surface area contributed by atoms with Gasteiger partial charge in [-0.1, -0.05) is 26.0 Å². The molecular weight excluding hydrogens is 290 g/mol. The highest BCUT2D eigenvalue weighted by Gasteiger charge is 2.10. The van der Waals surface area contributed by atoms with Gasteiger partial charge in [0, 0.05) is 19.6 Å². The first kappa shape index (κ1) is 19.3. The molecule has 23 heavy (non-hydrogen) atoms. The molecule has 0 aromatic heterocycles. The lowest BCUT2D eigenvalue weighted by Gasteiger charge is -2.17. The molecule has 1 aromatic carbocycles. The number of hydrogen-bond donors (Lipinski definition) is 3. The Labute approximate surface area is 140 Å². The molecule has 0 aliphatic carbocycles. The lowest BCUT2D eigenvalue weighted by molar-refractivity contribution is 0.179. The van der Waals surface area contributed by atoms with Crippen LogP contribution in [0.3, 0.4) is 0 Å². The second-order valence-corrected chi connectivity index (χ2v) is 6.25. The zero-order valence-electron chi connectivity index (χ0n) is 15.0. The molecule has 0 heterocycles. The van der Waals surface area contributed by atoms with Crippen molar-refractivity contribution in [3.05, 3.63) is 29.8 Å². The number of benzene rings is 1. The highest BCUT2D eigenvalue weighted by atomic mass is 16.5. The van der Waals surface area contributed by atoms with Crippen molar-refractivity contribution in [1.29, 1.82) is 0 Å². The van der Waals surface area contributed by atoms with Crippen LogP contribution in [0.25, 0.3) is 0 Å². The number of nitrogens with one attached hydrogen (secondary N) is 2. The minimum atomic E-state index is -0.617. The topological polar surface area (TPSA) is 65.9 Å². The fraction of sp³-hybridized carbons (Fsp3) is 0.611. The Balaban J connectivity index is 2.63. The van der Waals surface area contributed by atoms with Crippen LogP contribution < -0.4 is 15.4 Å². The largest absolute Gasteiger partial charge is 0.491 e. The van der Waals surface area contributed by atoms with Crippen molar-refractivity contribution < 1.29 is 9.84 Å². The third-order valence-electron chi connectivity index (χ3n) is 3.04. The molecule has 1 aromatic rings. The monoisotopic (exact) mass is 321 g/mol. The van der Waals surface area contributed by atoms with Gasteiger partial charge in [0.1, 0.15) is 5.75 Å². The third-order valence-corrected chi connectivity index (χ3v) is 3.04. The van der Waals surface area contributed by atoms with Crippen molar-refractivity contribution in [2.24, 2.45) is 10.9 Å². The molecule has 0 saturated heterocycles. The van der Waals surface area contributed by atoms with Crippen molar-refractivity contribution in [3.8, 4) is 5.75 Å². The molecule has 5 nitrogen and oxygen atoms in total. The second-order valence-electron chi connectivity index (χ2n) is 6.25. The van der Waals surface area contributed by atoms with E-state index >= 15 is 0 Å². The van der Waals surface area contributed by atoms with Gasteiger partial charge in [-0.25, -0.2) is 0 Å². The second kappa shape index (κ2) is 10.1. The summed E-state index contributed by atoms with van der Waals surface area (Å²) in [6.07, 6.45) is -0.502. The fourth-order valence-corrected chi connectivity index (χ4v) is 1.99. The normalized spacial score (nSPS) is 13.3. The van der Waals surface area contributed by atoms with Gasteiger partial charge in [0.15, 0.2) is 5.96 Å². The Bertz CT molecular complexity index is 487. The van der Waals surface area contributed by atoms with Gasteiger partial charge in [-0.3, -0.25) is 4.99 Å². The van der Waals surface area contributed by atoms with Gasteiger partial charge in [0.25, 0.3) is 0 Å². The number of rotatable bonds is 8. The van der Waals surface area contributed by atoms with Crippen LogP contribution in [0.15, 0.2) is 29.3 Å². The fourth-order valence-electron chi connectivity index (χ4n) is 1.99. The van der Waals surface area contributed by atoms with E-state index in [-0.39, 0.29) is 6.10 Å². The maximum Gasteiger partial charge on any atom is 0.191 e. The number of aliphatic hydroxyl groups is 1. The molecule has 130 valence electrons. The molecule has 0 aliphatic heterocycles. The van der Waals surface area contributed by atoms with E-state index in [1.165, 1.54) is 0 Å². The van der Waals surface area contributed by atoms with E-state index in [0.717, 1.165) is 30.4 Å². The van der Waals surface area contributed by atoms with Crippen LogP contribution in [0.1, 0.15) is 46.3 Å².